The Hall–Kier alpha value is 1.43. The van der Waals surface area contributed by atoms with E-state index in [4.69, 9.17) is 10.4 Å². The van der Waals surface area contributed by atoms with Crippen LogP contribution in [0.1, 0.15) is 0 Å². The maximum atomic E-state index is 8.24. The Morgan fingerprint density at radius 2 is 1.60 bits per heavy atom. The monoisotopic (exact) mass is 140 g/mol. The van der Waals surface area contributed by atoms with E-state index in [1.807, 2.05) is 0 Å². The van der Waals surface area contributed by atoms with Crippen LogP contribution in [-0.4, -0.2) is 0 Å². The van der Waals surface area contributed by atoms with Crippen LogP contribution in [0.15, 0.2) is 0 Å². The van der Waals surface area contributed by atoms with Gasteiger partial charge in [0.2, 0.25) is 0 Å². The van der Waals surface area contributed by atoms with Crippen molar-refractivity contribution in [1.29, 1.82) is 5.26 Å². The van der Waals surface area contributed by atoms with Gasteiger partial charge in [-0.15, -0.1) is 0 Å². The predicted octanol–water partition coefficient (Wildman–Crippen LogP) is -4.17. The third kappa shape index (κ3) is 31.2. The van der Waals surface area contributed by atoms with E-state index >= 15 is 0 Å². The molecule has 1 radical (unpaired) electrons. The van der Waals surface area contributed by atoms with Crippen molar-refractivity contribution in [1.82, 2.24) is 0 Å². The predicted molar refractivity (Wildman–Crippen MR) is 5.61 cm³/mol. The van der Waals surface area contributed by atoms with E-state index in [0.29, 0.717) is 6.26 Å². The summed E-state index contributed by atoms with van der Waals surface area (Å²) in [5.74, 6) is 0. The molecular weight excluding hydrogens is 140 g/mol. The fourth-order valence-electron chi connectivity index (χ4n) is 0. The normalized spacial score (nSPS) is 1.40. The number of hydrogen-bond donors (Lipinski definition) is 0. The fraction of sp³-hybridized carbons (Fsp3) is 0. The average Bonchev–Trinajstić information content (AvgIpc) is 0.918. The minimum Gasteiger partial charge on any atom is -0.812 e. The van der Waals surface area contributed by atoms with Gasteiger partial charge in [-0.3, -0.25) is 0 Å². The zero-order valence-corrected chi connectivity index (χ0v) is 6.85. The van der Waals surface area contributed by atoms with Crippen molar-refractivity contribution >= 4 is 0 Å². The molecule has 0 spiro atoms. The molecule has 2 nitrogen and oxygen atoms in total. The van der Waals surface area contributed by atoms with E-state index in [2.05, 4.69) is 0 Å². The second kappa shape index (κ2) is 18.0. The number of rotatable bonds is 0. The molecule has 0 amide bonds. The van der Waals surface area contributed by atoms with E-state index in [1.54, 1.807) is 0 Å². The van der Waals surface area contributed by atoms with Crippen molar-refractivity contribution in [3.05, 3.63) is 0 Å². The van der Waals surface area contributed by atoms with E-state index in [0.717, 1.165) is 0 Å². The third-order valence-corrected chi connectivity index (χ3v) is 0. The summed E-state index contributed by atoms with van der Waals surface area (Å²) in [6.07, 6.45) is 0.500. The minimum absolute atomic E-state index is 0. The van der Waals surface area contributed by atoms with Crippen LogP contribution in [-0.2, 0) is 16.8 Å². The molecule has 25 valence electrons. The molecule has 0 aromatic heterocycles. The van der Waals surface area contributed by atoms with E-state index in [1.165, 1.54) is 0 Å². The number of nitriles is 1. The Balaban J connectivity index is -0.0000000200. The van der Waals surface area contributed by atoms with Crippen LogP contribution in [0.4, 0.5) is 0 Å². The molecular formula is CCoKNO. The van der Waals surface area contributed by atoms with Gasteiger partial charge in [0, 0.05) is 23.0 Å². The SMILES string of the molecule is N#C[O-].[Co].[K+]. The van der Waals surface area contributed by atoms with Crippen LogP contribution in [0, 0.1) is 11.5 Å². The number of nitrogens with zero attached hydrogens (tertiary/aromatic N) is 1. The van der Waals surface area contributed by atoms with Gasteiger partial charge in [0.25, 0.3) is 0 Å². The van der Waals surface area contributed by atoms with Gasteiger partial charge in [-0.2, -0.15) is 0 Å². The van der Waals surface area contributed by atoms with Crippen LogP contribution in [0.5, 0.6) is 0 Å². The molecule has 0 rings (SSSR count). The van der Waals surface area contributed by atoms with Crippen molar-refractivity contribution in [3.8, 4) is 6.26 Å². The Morgan fingerprint density at radius 3 is 1.60 bits per heavy atom. The van der Waals surface area contributed by atoms with Gasteiger partial charge in [0.15, 0.2) is 0 Å². The molecule has 0 unspecified atom stereocenters. The first-order valence-electron chi connectivity index (χ1n) is 0.428. The molecule has 0 aromatic carbocycles. The summed E-state index contributed by atoms with van der Waals surface area (Å²) in [7, 11) is 0. The van der Waals surface area contributed by atoms with E-state index in [9.17, 15) is 0 Å². The molecule has 4 heteroatoms. The molecule has 0 aliphatic heterocycles. The first-order valence-corrected chi connectivity index (χ1v) is 0.428. The quantitative estimate of drug-likeness (QED) is 0.253. The first kappa shape index (κ1) is 16.1. The molecule has 0 saturated carbocycles. The second-order valence-electron chi connectivity index (χ2n) is 0.0913. The topological polar surface area (TPSA) is 46.8 Å². The Kier molecular flexibility index (Phi) is 58.1. The van der Waals surface area contributed by atoms with Gasteiger partial charge >= 0.3 is 51.4 Å². The minimum atomic E-state index is 0. The van der Waals surface area contributed by atoms with Gasteiger partial charge in [-0.25, -0.2) is 5.26 Å². The smallest absolute Gasteiger partial charge is 0.812 e. The molecule has 0 N–H and O–H groups in total. The van der Waals surface area contributed by atoms with Crippen LogP contribution in [0.3, 0.4) is 0 Å². The van der Waals surface area contributed by atoms with E-state index in [-0.39, 0.29) is 68.2 Å². The number of hydrogen-bond acceptors (Lipinski definition) is 2. The molecule has 0 atom stereocenters. The van der Waals surface area contributed by atoms with Gasteiger partial charge in [0.1, 0.15) is 0 Å². The summed E-state index contributed by atoms with van der Waals surface area (Å²) in [5.41, 5.74) is 0. The molecule has 0 aliphatic carbocycles. The zero-order chi connectivity index (χ0) is 2.71. The Labute approximate surface area is 83.2 Å². The summed E-state index contributed by atoms with van der Waals surface area (Å²) in [6, 6.07) is 0. The molecule has 0 aromatic rings. The van der Waals surface area contributed by atoms with Crippen molar-refractivity contribution in [2.75, 3.05) is 0 Å². The van der Waals surface area contributed by atoms with E-state index < -0.39 is 0 Å². The Morgan fingerprint density at radius 1 is 1.60 bits per heavy atom. The third-order valence-electron chi connectivity index (χ3n) is 0. The molecule has 0 fully saturated rings. The first-order chi connectivity index (χ1) is 1.41. The molecule has 0 heterocycles. The summed E-state index contributed by atoms with van der Waals surface area (Å²) in [6.45, 7) is 0. The maximum Gasteiger partial charge on any atom is 1.00 e. The van der Waals surface area contributed by atoms with Crippen LogP contribution in [0.2, 0.25) is 0 Å². The fourth-order valence-corrected chi connectivity index (χ4v) is 0. The summed E-state index contributed by atoms with van der Waals surface area (Å²) in [5, 5.41) is 15.0. The van der Waals surface area contributed by atoms with Crippen LogP contribution in [0.25, 0.3) is 0 Å². The molecule has 0 saturated heterocycles. The Bertz CT molecular complexity index is 33.1. The molecule has 0 aliphatic rings. The van der Waals surface area contributed by atoms with Crippen molar-refractivity contribution in [3.63, 3.8) is 0 Å². The standard InChI is InChI=1S/CHNO.Co.K/c2-1-3;;/h3H;;/q;;+1/p-1. The summed E-state index contributed by atoms with van der Waals surface area (Å²) in [4.78, 5) is 0. The molecule has 5 heavy (non-hydrogen) atoms. The maximum absolute atomic E-state index is 8.24. The van der Waals surface area contributed by atoms with Crippen molar-refractivity contribution < 1.29 is 73.3 Å². The summed E-state index contributed by atoms with van der Waals surface area (Å²) >= 11 is 0. The van der Waals surface area contributed by atoms with Crippen molar-refractivity contribution in [2.45, 2.75) is 0 Å². The summed E-state index contributed by atoms with van der Waals surface area (Å²) < 4.78 is 0. The zero-order valence-electron chi connectivity index (χ0n) is 2.69. The van der Waals surface area contributed by atoms with Gasteiger partial charge < -0.3 is 5.11 Å². The van der Waals surface area contributed by atoms with Gasteiger partial charge in [-0.05, 0) is 0 Å². The second-order valence-corrected chi connectivity index (χ2v) is 0.0913. The largest absolute Gasteiger partial charge is 1.00 e. The average molecular weight is 140 g/mol. The van der Waals surface area contributed by atoms with Gasteiger partial charge in [-0.1, -0.05) is 0 Å². The van der Waals surface area contributed by atoms with Gasteiger partial charge in [0.05, 0.1) is 0 Å². The van der Waals surface area contributed by atoms with Crippen molar-refractivity contribution in [2.24, 2.45) is 0 Å². The van der Waals surface area contributed by atoms with Crippen LogP contribution < -0.4 is 56.5 Å². The molecule has 0 bridgehead atoms. The van der Waals surface area contributed by atoms with Crippen LogP contribution >= 0.6 is 0 Å².